The van der Waals surface area contributed by atoms with Crippen LogP contribution in [0.2, 0.25) is 0 Å². The van der Waals surface area contributed by atoms with Crippen molar-refractivity contribution in [2.24, 2.45) is 0 Å². The van der Waals surface area contributed by atoms with Crippen LogP contribution in [0.25, 0.3) is 0 Å². The lowest BCUT2D eigenvalue weighted by Crippen LogP contribution is -2.25. The second-order valence-electron chi connectivity index (χ2n) is 4.39. The molecule has 0 aromatic heterocycles. The van der Waals surface area contributed by atoms with Gasteiger partial charge in [-0.05, 0) is 25.8 Å². The standard InChI is InChI=1S/C13H20N2O6S/c1-3-21-9-5-4-8-14-22(18,19)13-10-11(15(16)17)6-7-12(13)20-2/h6-7,10,14H,3-5,8-9H2,1-2H3. The Labute approximate surface area is 129 Å². The van der Waals surface area contributed by atoms with Crippen LogP contribution in [0.3, 0.4) is 0 Å². The number of non-ortho nitro benzene ring substituents is 1. The number of hydrogen-bond donors (Lipinski definition) is 1. The number of nitro benzene ring substituents is 1. The molecule has 0 radical (unpaired) electrons. The number of benzene rings is 1. The highest BCUT2D eigenvalue weighted by atomic mass is 32.2. The number of ether oxygens (including phenoxy) is 2. The van der Waals surface area contributed by atoms with Crippen LogP contribution in [0.1, 0.15) is 19.8 Å². The van der Waals surface area contributed by atoms with Crippen molar-refractivity contribution in [3.8, 4) is 5.75 Å². The van der Waals surface area contributed by atoms with E-state index in [9.17, 15) is 18.5 Å². The number of sulfonamides is 1. The monoisotopic (exact) mass is 332 g/mol. The second-order valence-corrected chi connectivity index (χ2v) is 6.13. The molecule has 0 spiro atoms. The highest BCUT2D eigenvalue weighted by molar-refractivity contribution is 7.89. The molecule has 124 valence electrons. The number of methoxy groups -OCH3 is 1. The average molecular weight is 332 g/mol. The van der Waals surface area contributed by atoms with Gasteiger partial charge in [0, 0.05) is 31.9 Å². The minimum Gasteiger partial charge on any atom is -0.495 e. The van der Waals surface area contributed by atoms with Gasteiger partial charge in [0.1, 0.15) is 10.6 Å². The molecule has 0 bridgehead atoms. The third-order valence-corrected chi connectivity index (χ3v) is 4.34. The predicted molar refractivity (Wildman–Crippen MR) is 80.6 cm³/mol. The van der Waals surface area contributed by atoms with Gasteiger partial charge in [-0.1, -0.05) is 0 Å². The van der Waals surface area contributed by atoms with E-state index in [0.29, 0.717) is 19.6 Å². The Morgan fingerprint density at radius 1 is 1.32 bits per heavy atom. The summed E-state index contributed by atoms with van der Waals surface area (Å²) in [5, 5.41) is 10.8. The van der Waals surface area contributed by atoms with Gasteiger partial charge in [0.05, 0.1) is 12.0 Å². The van der Waals surface area contributed by atoms with Gasteiger partial charge in [0.25, 0.3) is 5.69 Å². The van der Waals surface area contributed by atoms with Crippen molar-refractivity contribution in [1.82, 2.24) is 4.72 Å². The van der Waals surface area contributed by atoms with Crippen LogP contribution in [0.5, 0.6) is 5.75 Å². The number of nitro groups is 1. The fourth-order valence-corrected chi connectivity index (χ4v) is 3.01. The second kappa shape index (κ2) is 8.66. The number of nitrogens with zero attached hydrogens (tertiary/aromatic N) is 1. The van der Waals surface area contributed by atoms with E-state index in [-0.39, 0.29) is 22.9 Å². The Morgan fingerprint density at radius 3 is 2.64 bits per heavy atom. The first-order valence-corrected chi connectivity index (χ1v) is 8.30. The third-order valence-electron chi connectivity index (χ3n) is 2.86. The molecule has 8 nitrogen and oxygen atoms in total. The maximum Gasteiger partial charge on any atom is 0.271 e. The summed E-state index contributed by atoms with van der Waals surface area (Å²) in [6.45, 7) is 3.30. The maximum absolute atomic E-state index is 12.2. The summed E-state index contributed by atoms with van der Waals surface area (Å²) < 4.78 is 37.0. The fraction of sp³-hybridized carbons (Fsp3) is 0.538. The third kappa shape index (κ3) is 5.24. The molecule has 0 atom stereocenters. The predicted octanol–water partition coefficient (Wildman–Crippen LogP) is 1.70. The van der Waals surface area contributed by atoms with Crippen LogP contribution in [0, 0.1) is 10.1 Å². The van der Waals surface area contributed by atoms with E-state index in [0.717, 1.165) is 12.5 Å². The Kier molecular flexibility index (Phi) is 7.22. The molecule has 0 unspecified atom stereocenters. The highest BCUT2D eigenvalue weighted by Crippen LogP contribution is 2.27. The zero-order valence-electron chi connectivity index (χ0n) is 12.6. The lowest BCUT2D eigenvalue weighted by atomic mass is 10.3. The van der Waals surface area contributed by atoms with E-state index in [1.165, 1.54) is 19.2 Å². The van der Waals surface area contributed by atoms with E-state index in [1.807, 2.05) is 6.92 Å². The first-order valence-electron chi connectivity index (χ1n) is 6.82. The Morgan fingerprint density at radius 2 is 2.05 bits per heavy atom. The summed E-state index contributed by atoms with van der Waals surface area (Å²) >= 11 is 0. The van der Waals surface area contributed by atoms with Crippen LogP contribution >= 0.6 is 0 Å². The summed E-state index contributed by atoms with van der Waals surface area (Å²) in [6, 6.07) is 3.45. The van der Waals surface area contributed by atoms with Crippen LogP contribution < -0.4 is 9.46 Å². The molecule has 0 saturated heterocycles. The number of nitrogens with one attached hydrogen (secondary N) is 1. The van der Waals surface area contributed by atoms with Gasteiger partial charge in [0.15, 0.2) is 0 Å². The molecule has 22 heavy (non-hydrogen) atoms. The summed E-state index contributed by atoms with van der Waals surface area (Å²) in [7, 11) is -2.56. The smallest absolute Gasteiger partial charge is 0.271 e. The Balaban J connectivity index is 2.78. The molecule has 0 fully saturated rings. The van der Waals surface area contributed by atoms with E-state index in [2.05, 4.69) is 4.72 Å². The van der Waals surface area contributed by atoms with Crippen molar-refractivity contribution < 1.29 is 22.8 Å². The first-order chi connectivity index (χ1) is 10.4. The van der Waals surface area contributed by atoms with Gasteiger partial charge in [-0.25, -0.2) is 13.1 Å². The van der Waals surface area contributed by atoms with Gasteiger partial charge < -0.3 is 9.47 Å². The van der Waals surface area contributed by atoms with Crippen molar-refractivity contribution in [2.75, 3.05) is 26.9 Å². The first kappa shape index (κ1) is 18.3. The molecule has 0 saturated carbocycles. The van der Waals surface area contributed by atoms with Crippen LogP contribution in [-0.2, 0) is 14.8 Å². The molecule has 0 aliphatic heterocycles. The van der Waals surface area contributed by atoms with Gasteiger partial charge in [-0.3, -0.25) is 10.1 Å². The summed E-state index contributed by atoms with van der Waals surface area (Å²) in [4.78, 5) is 9.88. The van der Waals surface area contributed by atoms with Gasteiger partial charge >= 0.3 is 0 Å². The quantitative estimate of drug-likeness (QED) is 0.397. The summed E-state index contributed by atoms with van der Waals surface area (Å²) in [5.41, 5.74) is -0.308. The van der Waals surface area contributed by atoms with Crippen molar-refractivity contribution in [2.45, 2.75) is 24.7 Å². The molecule has 0 aliphatic rings. The van der Waals surface area contributed by atoms with E-state index >= 15 is 0 Å². The lowest BCUT2D eigenvalue weighted by molar-refractivity contribution is -0.385. The zero-order valence-corrected chi connectivity index (χ0v) is 13.4. The molecule has 0 amide bonds. The normalized spacial score (nSPS) is 11.4. The molecule has 9 heteroatoms. The zero-order chi connectivity index (χ0) is 16.6. The summed E-state index contributed by atoms with van der Waals surface area (Å²) in [5.74, 6) is 0.0624. The minimum atomic E-state index is -3.87. The minimum absolute atomic E-state index is 0.0624. The largest absolute Gasteiger partial charge is 0.495 e. The number of unbranched alkanes of at least 4 members (excludes halogenated alkanes) is 1. The van der Waals surface area contributed by atoms with Gasteiger partial charge in [-0.2, -0.15) is 0 Å². The molecule has 0 aliphatic carbocycles. The average Bonchev–Trinajstić information content (AvgIpc) is 2.50. The SMILES string of the molecule is CCOCCCCNS(=O)(=O)c1cc([N+](=O)[O-])ccc1OC. The van der Waals surface area contributed by atoms with Crippen molar-refractivity contribution in [1.29, 1.82) is 0 Å². The molecule has 0 heterocycles. The molecule has 1 aromatic carbocycles. The van der Waals surface area contributed by atoms with Crippen molar-refractivity contribution in [3.63, 3.8) is 0 Å². The van der Waals surface area contributed by atoms with Crippen LogP contribution in [0.4, 0.5) is 5.69 Å². The van der Waals surface area contributed by atoms with Crippen LogP contribution in [-0.4, -0.2) is 40.2 Å². The Bertz CT molecular complexity index is 603. The maximum atomic E-state index is 12.2. The van der Waals surface area contributed by atoms with Crippen molar-refractivity contribution >= 4 is 15.7 Å². The highest BCUT2D eigenvalue weighted by Gasteiger charge is 2.22. The molecular formula is C13H20N2O6S. The van der Waals surface area contributed by atoms with E-state index in [4.69, 9.17) is 9.47 Å². The molecule has 1 rings (SSSR count). The molecule has 1 aromatic rings. The summed E-state index contributed by atoms with van der Waals surface area (Å²) in [6.07, 6.45) is 1.33. The van der Waals surface area contributed by atoms with Gasteiger partial charge in [-0.15, -0.1) is 0 Å². The number of rotatable bonds is 10. The fourth-order valence-electron chi connectivity index (χ4n) is 1.75. The van der Waals surface area contributed by atoms with Gasteiger partial charge in [0.2, 0.25) is 10.0 Å². The number of hydrogen-bond acceptors (Lipinski definition) is 6. The Hall–Kier alpha value is -1.71. The topological polar surface area (TPSA) is 108 Å². The van der Waals surface area contributed by atoms with E-state index < -0.39 is 14.9 Å². The van der Waals surface area contributed by atoms with E-state index in [1.54, 1.807) is 0 Å². The van der Waals surface area contributed by atoms with Crippen molar-refractivity contribution in [3.05, 3.63) is 28.3 Å². The molecule has 1 N–H and O–H groups in total. The molecular weight excluding hydrogens is 312 g/mol. The van der Waals surface area contributed by atoms with Crippen LogP contribution in [0.15, 0.2) is 23.1 Å². The lowest BCUT2D eigenvalue weighted by Gasteiger charge is -2.10.